The Morgan fingerprint density at radius 2 is 2.10 bits per heavy atom. The summed E-state index contributed by atoms with van der Waals surface area (Å²) >= 11 is 0. The van der Waals surface area contributed by atoms with E-state index in [2.05, 4.69) is 19.9 Å². The maximum Gasteiger partial charge on any atom is 0.259 e. The molecule has 1 fully saturated rings. The lowest BCUT2D eigenvalue weighted by molar-refractivity contribution is 0.0705. The maximum atomic E-state index is 12.9. The number of nitrogens with zero attached hydrogens (tertiary/aromatic N) is 5. The van der Waals surface area contributed by atoms with E-state index < -0.39 is 0 Å². The van der Waals surface area contributed by atoms with Crippen molar-refractivity contribution in [1.29, 1.82) is 0 Å². The normalized spacial score (nSPS) is 16.5. The number of aromatic amines is 1. The van der Waals surface area contributed by atoms with Crippen molar-refractivity contribution in [2.75, 3.05) is 39.2 Å². The molecule has 3 aromatic rings. The van der Waals surface area contributed by atoms with Gasteiger partial charge in [-0.3, -0.25) is 9.59 Å². The molecule has 1 N–H and O–H groups in total. The highest BCUT2D eigenvalue weighted by molar-refractivity contribution is 5.94. The number of hydrogen-bond acceptors (Lipinski definition) is 7. The Morgan fingerprint density at radius 1 is 1.27 bits per heavy atom. The van der Waals surface area contributed by atoms with Crippen molar-refractivity contribution in [3.63, 3.8) is 0 Å². The summed E-state index contributed by atoms with van der Waals surface area (Å²) in [4.78, 5) is 44.9. The molecule has 1 amide bonds. The van der Waals surface area contributed by atoms with Gasteiger partial charge in [0.15, 0.2) is 0 Å². The number of nitrogens with one attached hydrogen (secondary N) is 1. The minimum atomic E-state index is -0.212. The molecule has 156 valence electrons. The van der Waals surface area contributed by atoms with E-state index in [1.54, 1.807) is 23.2 Å². The van der Waals surface area contributed by atoms with Gasteiger partial charge in [-0.25, -0.2) is 15.0 Å². The molecule has 4 rings (SSSR count). The molecule has 4 heterocycles. The zero-order chi connectivity index (χ0) is 21.3. The molecule has 0 spiro atoms. The van der Waals surface area contributed by atoms with Gasteiger partial charge in [-0.05, 0) is 25.0 Å². The van der Waals surface area contributed by atoms with E-state index in [-0.39, 0.29) is 17.4 Å². The first-order valence-electron chi connectivity index (χ1n) is 9.83. The van der Waals surface area contributed by atoms with Crippen molar-refractivity contribution in [2.24, 2.45) is 0 Å². The number of ether oxygens (including phenoxy) is 1. The summed E-state index contributed by atoms with van der Waals surface area (Å²) in [7, 11) is 5.25. The number of carbonyl (C=O) groups is 1. The van der Waals surface area contributed by atoms with Crippen LogP contribution in [0.3, 0.4) is 0 Å². The number of aromatic nitrogens is 4. The van der Waals surface area contributed by atoms with Crippen molar-refractivity contribution >= 4 is 22.8 Å². The van der Waals surface area contributed by atoms with Crippen LogP contribution in [0.15, 0.2) is 35.4 Å². The van der Waals surface area contributed by atoms with Crippen molar-refractivity contribution in [3.05, 3.63) is 52.2 Å². The van der Waals surface area contributed by atoms with Gasteiger partial charge in [0.2, 0.25) is 11.8 Å². The first kappa shape index (κ1) is 19.8. The number of likely N-dealkylation sites (tertiary alicyclic amines) is 1. The highest BCUT2D eigenvalue weighted by atomic mass is 16.5. The lowest BCUT2D eigenvalue weighted by atomic mass is 9.93. The monoisotopic (exact) mass is 408 g/mol. The Kier molecular flexibility index (Phi) is 5.35. The predicted octanol–water partition coefficient (Wildman–Crippen LogP) is 1.81. The van der Waals surface area contributed by atoms with Gasteiger partial charge in [-0.15, -0.1) is 0 Å². The number of pyridine rings is 2. The maximum absolute atomic E-state index is 12.9. The fourth-order valence-electron chi connectivity index (χ4n) is 3.71. The van der Waals surface area contributed by atoms with Crippen LogP contribution in [0, 0.1) is 0 Å². The molecule has 0 bridgehead atoms. The molecular formula is C21H24N6O3. The van der Waals surface area contributed by atoms with Gasteiger partial charge in [0.1, 0.15) is 0 Å². The van der Waals surface area contributed by atoms with Gasteiger partial charge in [0, 0.05) is 57.3 Å². The number of piperidine rings is 1. The molecule has 0 saturated carbocycles. The first-order valence-corrected chi connectivity index (χ1v) is 9.83. The van der Waals surface area contributed by atoms with Gasteiger partial charge < -0.3 is 19.5 Å². The van der Waals surface area contributed by atoms with Crippen molar-refractivity contribution in [1.82, 2.24) is 24.8 Å². The minimum absolute atomic E-state index is 0.0313. The van der Waals surface area contributed by atoms with Crippen LogP contribution < -0.4 is 15.2 Å². The number of anilines is 1. The summed E-state index contributed by atoms with van der Waals surface area (Å²) in [6.07, 6.45) is 4.82. The van der Waals surface area contributed by atoms with Gasteiger partial charge in [-0.1, -0.05) is 0 Å². The number of carbonyl (C=O) groups excluding carboxylic acids is 1. The van der Waals surface area contributed by atoms with E-state index in [4.69, 9.17) is 4.74 Å². The molecule has 1 saturated heterocycles. The number of amides is 1. The quantitative estimate of drug-likeness (QED) is 0.702. The third-order valence-electron chi connectivity index (χ3n) is 5.34. The SMILES string of the molecule is COc1ccc(C(=O)N2CCC[C@H](c3cc4nc(N(C)C)ncc4c(=O)[nH]3)C2)cn1. The highest BCUT2D eigenvalue weighted by Crippen LogP contribution is 2.27. The second kappa shape index (κ2) is 8.10. The molecular weight excluding hydrogens is 384 g/mol. The van der Waals surface area contributed by atoms with Crippen LogP contribution >= 0.6 is 0 Å². The molecule has 0 aliphatic carbocycles. The zero-order valence-electron chi connectivity index (χ0n) is 17.3. The van der Waals surface area contributed by atoms with E-state index in [9.17, 15) is 9.59 Å². The number of hydrogen-bond donors (Lipinski definition) is 1. The lowest BCUT2D eigenvalue weighted by Crippen LogP contribution is -2.39. The Labute approximate surface area is 173 Å². The first-order chi connectivity index (χ1) is 14.5. The second-order valence-corrected chi connectivity index (χ2v) is 7.60. The number of rotatable bonds is 4. The minimum Gasteiger partial charge on any atom is -0.481 e. The van der Waals surface area contributed by atoms with Gasteiger partial charge in [-0.2, -0.15) is 0 Å². The zero-order valence-corrected chi connectivity index (χ0v) is 17.3. The average molecular weight is 408 g/mol. The summed E-state index contributed by atoms with van der Waals surface area (Å²) in [5.74, 6) is 0.974. The summed E-state index contributed by atoms with van der Waals surface area (Å²) in [6.45, 7) is 1.20. The molecule has 0 aromatic carbocycles. The van der Waals surface area contributed by atoms with Crippen LogP contribution in [-0.4, -0.2) is 65.0 Å². The highest BCUT2D eigenvalue weighted by Gasteiger charge is 2.27. The standard InChI is InChI=1S/C21H24N6O3/c1-26(2)21-23-11-15-17(25-21)9-16(24-19(15)28)14-5-4-8-27(12-14)20(29)13-6-7-18(30-3)22-10-13/h6-7,9-11,14H,4-5,8,12H2,1-3H3,(H,24,28)/t14-/m0/s1. The van der Waals surface area contributed by atoms with E-state index in [1.807, 2.05) is 25.1 Å². The molecule has 30 heavy (non-hydrogen) atoms. The largest absolute Gasteiger partial charge is 0.481 e. The Bertz CT molecular complexity index is 1130. The third-order valence-corrected chi connectivity index (χ3v) is 5.34. The van der Waals surface area contributed by atoms with Gasteiger partial charge in [0.05, 0.1) is 23.6 Å². The van der Waals surface area contributed by atoms with Gasteiger partial charge >= 0.3 is 0 Å². The molecule has 1 aliphatic rings. The molecule has 9 heteroatoms. The van der Waals surface area contributed by atoms with Crippen LogP contribution in [0.4, 0.5) is 5.95 Å². The average Bonchev–Trinajstić information content (AvgIpc) is 2.78. The molecule has 0 unspecified atom stereocenters. The molecule has 9 nitrogen and oxygen atoms in total. The second-order valence-electron chi connectivity index (χ2n) is 7.60. The van der Waals surface area contributed by atoms with Crippen LogP contribution in [-0.2, 0) is 0 Å². The molecule has 0 radical (unpaired) electrons. The number of methoxy groups -OCH3 is 1. The molecule has 1 aliphatic heterocycles. The van der Waals surface area contributed by atoms with E-state index >= 15 is 0 Å². The van der Waals surface area contributed by atoms with Crippen LogP contribution in [0.1, 0.15) is 34.8 Å². The summed E-state index contributed by atoms with van der Waals surface area (Å²) < 4.78 is 5.06. The fraction of sp³-hybridized carbons (Fsp3) is 0.381. The van der Waals surface area contributed by atoms with Crippen LogP contribution in [0.5, 0.6) is 5.88 Å². The fourth-order valence-corrected chi connectivity index (χ4v) is 3.71. The number of H-pyrrole nitrogens is 1. The van der Waals surface area contributed by atoms with Crippen molar-refractivity contribution in [2.45, 2.75) is 18.8 Å². The summed E-state index contributed by atoms with van der Waals surface area (Å²) in [6, 6.07) is 5.30. The Balaban J connectivity index is 1.60. The van der Waals surface area contributed by atoms with E-state index in [1.165, 1.54) is 13.3 Å². The van der Waals surface area contributed by atoms with Crippen LogP contribution in [0.25, 0.3) is 10.9 Å². The summed E-state index contributed by atoms with van der Waals surface area (Å²) in [5, 5.41) is 0.456. The third kappa shape index (κ3) is 3.83. The van der Waals surface area contributed by atoms with E-state index in [0.717, 1.165) is 18.5 Å². The van der Waals surface area contributed by atoms with Crippen LogP contribution in [0.2, 0.25) is 0 Å². The molecule has 3 aromatic heterocycles. The summed E-state index contributed by atoms with van der Waals surface area (Å²) in [5.41, 5.74) is 1.71. The lowest BCUT2D eigenvalue weighted by Gasteiger charge is -2.32. The smallest absolute Gasteiger partial charge is 0.259 e. The Hall–Kier alpha value is -3.49. The van der Waals surface area contributed by atoms with Crippen molar-refractivity contribution in [3.8, 4) is 5.88 Å². The Morgan fingerprint density at radius 3 is 2.80 bits per heavy atom. The predicted molar refractivity (Wildman–Crippen MR) is 113 cm³/mol. The molecule has 1 atom stereocenters. The van der Waals surface area contributed by atoms with E-state index in [0.29, 0.717) is 41.4 Å². The number of fused-ring (bicyclic) bond motifs is 1. The van der Waals surface area contributed by atoms with Crippen molar-refractivity contribution < 1.29 is 9.53 Å². The topological polar surface area (TPSA) is 104 Å². The van der Waals surface area contributed by atoms with Gasteiger partial charge in [0.25, 0.3) is 11.5 Å².